The maximum atomic E-state index is 12.9. The number of nitrogens with zero attached hydrogens (tertiary/aromatic N) is 1. The van der Waals surface area contributed by atoms with Gasteiger partial charge in [-0.25, -0.2) is 9.37 Å². The zero-order valence-corrected chi connectivity index (χ0v) is 11.6. The molecule has 1 aliphatic rings. The Hall–Kier alpha value is -1.68. The minimum atomic E-state index is -0.168. The SMILES string of the molecule is CCc1cnc(CNC2CC(c3ccc(F)cc3)C2)o1. The van der Waals surface area contributed by atoms with Gasteiger partial charge in [-0.1, -0.05) is 19.1 Å². The summed E-state index contributed by atoms with van der Waals surface area (Å²) in [6.07, 6.45) is 4.85. The number of halogens is 1. The number of hydrogen-bond acceptors (Lipinski definition) is 3. The number of oxazole rings is 1. The van der Waals surface area contributed by atoms with Crippen molar-refractivity contribution in [2.24, 2.45) is 0 Å². The molecule has 0 aliphatic heterocycles. The van der Waals surface area contributed by atoms with Crippen molar-refractivity contribution >= 4 is 0 Å². The Balaban J connectivity index is 1.45. The lowest BCUT2D eigenvalue weighted by Crippen LogP contribution is -2.39. The van der Waals surface area contributed by atoms with Gasteiger partial charge < -0.3 is 9.73 Å². The van der Waals surface area contributed by atoms with E-state index in [0.717, 1.165) is 30.9 Å². The predicted octanol–water partition coefficient (Wildman–Crippen LogP) is 3.41. The number of aryl methyl sites for hydroxylation is 1. The molecule has 1 saturated carbocycles. The van der Waals surface area contributed by atoms with Crippen LogP contribution in [0.25, 0.3) is 0 Å². The van der Waals surface area contributed by atoms with Gasteiger partial charge in [0.05, 0.1) is 12.7 Å². The summed E-state index contributed by atoms with van der Waals surface area (Å²) in [4.78, 5) is 4.23. The van der Waals surface area contributed by atoms with E-state index in [2.05, 4.69) is 17.2 Å². The Morgan fingerprint density at radius 3 is 2.70 bits per heavy atom. The molecule has 1 aromatic carbocycles. The van der Waals surface area contributed by atoms with Crippen molar-refractivity contribution in [1.82, 2.24) is 10.3 Å². The zero-order chi connectivity index (χ0) is 13.9. The molecular formula is C16H19FN2O. The van der Waals surface area contributed by atoms with Crippen LogP contribution in [0.2, 0.25) is 0 Å². The topological polar surface area (TPSA) is 38.1 Å². The smallest absolute Gasteiger partial charge is 0.208 e. The Morgan fingerprint density at radius 1 is 1.30 bits per heavy atom. The van der Waals surface area contributed by atoms with Gasteiger partial charge in [0.2, 0.25) is 5.89 Å². The first-order valence-electron chi connectivity index (χ1n) is 7.17. The lowest BCUT2D eigenvalue weighted by molar-refractivity contribution is 0.278. The van der Waals surface area contributed by atoms with E-state index in [9.17, 15) is 4.39 Å². The molecule has 1 aromatic heterocycles. The fraction of sp³-hybridized carbons (Fsp3) is 0.438. The summed E-state index contributed by atoms with van der Waals surface area (Å²) in [7, 11) is 0. The molecule has 0 atom stereocenters. The predicted molar refractivity (Wildman–Crippen MR) is 74.9 cm³/mol. The summed E-state index contributed by atoms with van der Waals surface area (Å²) < 4.78 is 18.4. The second-order valence-electron chi connectivity index (χ2n) is 5.37. The number of rotatable bonds is 5. The molecule has 4 heteroatoms. The highest BCUT2D eigenvalue weighted by Gasteiger charge is 2.30. The lowest BCUT2D eigenvalue weighted by atomic mass is 9.76. The minimum absolute atomic E-state index is 0.168. The molecule has 2 aromatic rings. The minimum Gasteiger partial charge on any atom is -0.444 e. The quantitative estimate of drug-likeness (QED) is 0.908. The molecule has 0 unspecified atom stereocenters. The normalized spacial score (nSPS) is 21.7. The fourth-order valence-corrected chi connectivity index (χ4v) is 2.62. The molecule has 3 rings (SSSR count). The monoisotopic (exact) mass is 274 g/mol. The fourth-order valence-electron chi connectivity index (χ4n) is 2.62. The molecule has 0 spiro atoms. The third kappa shape index (κ3) is 2.90. The van der Waals surface area contributed by atoms with Gasteiger partial charge in [-0.15, -0.1) is 0 Å². The highest BCUT2D eigenvalue weighted by atomic mass is 19.1. The van der Waals surface area contributed by atoms with Crippen molar-refractivity contribution in [2.45, 2.75) is 44.7 Å². The van der Waals surface area contributed by atoms with Crippen molar-refractivity contribution in [1.29, 1.82) is 0 Å². The zero-order valence-electron chi connectivity index (χ0n) is 11.6. The van der Waals surface area contributed by atoms with Gasteiger partial charge in [-0.3, -0.25) is 0 Å². The van der Waals surface area contributed by atoms with Crippen molar-refractivity contribution in [2.75, 3.05) is 0 Å². The molecular weight excluding hydrogens is 255 g/mol. The van der Waals surface area contributed by atoms with Crippen LogP contribution in [0.3, 0.4) is 0 Å². The standard InChI is InChI=1S/C16H19FN2O/c1-2-15-9-19-16(20-15)10-18-14-7-12(8-14)11-3-5-13(17)6-4-11/h3-6,9,12,14,18H,2,7-8,10H2,1H3. The second kappa shape index (κ2) is 5.75. The molecule has 20 heavy (non-hydrogen) atoms. The molecule has 0 bridgehead atoms. The van der Waals surface area contributed by atoms with E-state index in [-0.39, 0.29) is 5.82 Å². The first-order chi connectivity index (χ1) is 9.74. The number of benzene rings is 1. The van der Waals surface area contributed by atoms with Crippen LogP contribution in [-0.4, -0.2) is 11.0 Å². The summed E-state index contributed by atoms with van der Waals surface area (Å²) in [6, 6.07) is 7.35. The van der Waals surface area contributed by atoms with Crippen LogP contribution in [-0.2, 0) is 13.0 Å². The molecule has 1 heterocycles. The van der Waals surface area contributed by atoms with Crippen LogP contribution >= 0.6 is 0 Å². The number of nitrogens with one attached hydrogen (secondary N) is 1. The van der Waals surface area contributed by atoms with Crippen LogP contribution in [0.15, 0.2) is 34.9 Å². The summed E-state index contributed by atoms with van der Waals surface area (Å²) in [5.41, 5.74) is 1.23. The van der Waals surface area contributed by atoms with Crippen LogP contribution in [0.5, 0.6) is 0 Å². The van der Waals surface area contributed by atoms with Crippen LogP contribution in [0, 0.1) is 5.82 Å². The van der Waals surface area contributed by atoms with Gasteiger partial charge in [-0.05, 0) is 36.5 Å². The first-order valence-corrected chi connectivity index (χ1v) is 7.17. The van der Waals surface area contributed by atoms with Gasteiger partial charge in [-0.2, -0.15) is 0 Å². The summed E-state index contributed by atoms with van der Waals surface area (Å²) >= 11 is 0. The molecule has 1 fully saturated rings. The Labute approximate surface area is 118 Å². The number of hydrogen-bond donors (Lipinski definition) is 1. The van der Waals surface area contributed by atoms with E-state index in [1.807, 2.05) is 12.1 Å². The van der Waals surface area contributed by atoms with Gasteiger partial charge in [0.15, 0.2) is 0 Å². The van der Waals surface area contributed by atoms with Crippen LogP contribution < -0.4 is 5.32 Å². The van der Waals surface area contributed by atoms with Crippen molar-refractivity contribution in [3.05, 3.63) is 53.5 Å². The maximum absolute atomic E-state index is 12.9. The molecule has 0 saturated heterocycles. The van der Waals surface area contributed by atoms with E-state index >= 15 is 0 Å². The Kier molecular flexibility index (Phi) is 3.83. The Morgan fingerprint density at radius 2 is 2.05 bits per heavy atom. The molecule has 3 nitrogen and oxygen atoms in total. The van der Waals surface area contributed by atoms with Crippen molar-refractivity contribution in [3.8, 4) is 0 Å². The van der Waals surface area contributed by atoms with E-state index in [4.69, 9.17) is 4.42 Å². The largest absolute Gasteiger partial charge is 0.444 e. The highest BCUT2D eigenvalue weighted by molar-refractivity contribution is 5.23. The van der Waals surface area contributed by atoms with Gasteiger partial charge in [0, 0.05) is 12.5 Å². The molecule has 0 radical (unpaired) electrons. The van der Waals surface area contributed by atoms with E-state index in [1.165, 1.54) is 17.7 Å². The summed E-state index contributed by atoms with van der Waals surface area (Å²) in [5, 5.41) is 3.45. The lowest BCUT2D eigenvalue weighted by Gasteiger charge is -2.36. The van der Waals surface area contributed by atoms with Gasteiger partial charge in [0.1, 0.15) is 11.6 Å². The maximum Gasteiger partial charge on any atom is 0.208 e. The first kappa shape index (κ1) is 13.3. The summed E-state index contributed by atoms with van der Waals surface area (Å²) in [6.45, 7) is 2.73. The highest BCUT2D eigenvalue weighted by Crippen LogP contribution is 2.36. The molecule has 106 valence electrons. The Bertz CT molecular complexity index is 558. The van der Waals surface area contributed by atoms with E-state index < -0.39 is 0 Å². The number of aromatic nitrogens is 1. The van der Waals surface area contributed by atoms with Gasteiger partial charge in [0.25, 0.3) is 0 Å². The summed E-state index contributed by atoms with van der Waals surface area (Å²) in [5.74, 6) is 2.06. The second-order valence-corrected chi connectivity index (χ2v) is 5.37. The van der Waals surface area contributed by atoms with Crippen molar-refractivity contribution < 1.29 is 8.81 Å². The average molecular weight is 274 g/mol. The van der Waals surface area contributed by atoms with Gasteiger partial charge >= 0.3 is 0 Å². The molecule has 1 aliphatic carbocycles. The van der Waals surface area contributed by atoms with Crippen molar-refractivity contribution in [3.63, 3.8) is 0 Å². The van der Waals surface area contributed by atoms with E-state index in [1.54, 1.807) is 6.20 Å². The van der Waals surface area contributed by atoms with Crippen LogP contribution in [0.4, 0.5) is 4.39 Å². The van der Waals surface area contributed by atoms with E-state index in [0.29, 0.717) is 18.5 Å². The average Bonchev–Trinajstić information content (AvgIpc) is 2.87. The third-order valence-corrected chi connectivity index (χ3v) is 3.97. The van der Waals surface area contributed by atoms with Crippen LogP contribution in [0.1, 0.15) is 42.9 Å². The molecule has 1 N–H and O–H groups in total. The molecule has 0 amide bonds. The third-order valence-electron chi connectivity index (χ3n) is 3.97.